The predicted molar refractivity (Wildman–Crippen MR) is 129 cm³/mol. The third kappa shape index (κ3) is 3.91. The van der Waals surface area contributed by atoms with Crippen LogP contribution in [-0.2, 0) is 11.2 Å². The predicted octanol–water partition coefficient (Wildman–Crippen LogP) is 5.19. The minimum atomic E-state index is -0.927. The lowest BCUT2D eigenvalue weighted by Gasteiger charge is -2.29. The number of hydrogen-bond acceptors (Lipinski definition) is 6. The van der Waals surface area contributed by atoms with Crippen molar-refractivity contribution in [3.05, 3.63) is 87.5 Å². The first-order valence-corrected chi connectivity index (χ1v) is 11.3. The van der Waals surface area contributed by atoms with Gasteiger partial charge in [-0.25, -0.2) is 0 Å². The van der Waals surface area contributed by atoms with Crippen LogP contribution in [0.3, 0.4) is 0 Å². The van der Waals surface area contributed by atoms with Crippen molar-refractivity contribution in [2.24, 2.45) is 0 Å². The number of rotatable bonds is 6. The molecule has 0 aromatic heterocycles. The van der Waals surface area contributed by atoms with E-state index in [1.807, 2.05) is 53.4 Å². The van der Waals surface area contributed by atoms with E-state index in [1.54, 1.807) is 6.07 Å². The summed E-state index contributed by atoms with van der Waals surface area (Å²) in [4.78, 5) is 27.2. The van der Waals surface area contributed by atoms with Crippen LogP contribution in [0.4, 0.5) is 17.1 Å². The van der Waals surface area contributed by atoms with Gasteiger partial charge in [0, 0.05) is 17.9 Å². The van der Waals surface area contributed by atoms with Crippen LogP contribution in [0, 0.1) is 10.1 Å². The molecule has 174 valence electrons. The fraction of sp³-hybridized carbons (Fsp3) is 0.269. The Bertz CT molecular complexity index is 1260. The second-order valence-electron chi connectivity index (χ2n) is 8.76. The molecule has 2 heterocycles. The maximum Gasteiger partial charge on any atom is 0.279 e. The van der Waals surface area contributed by atoms with Gasteiger partial charge in [-0.15, -0.1) is 0 Å². The standard InChI is InChI=1S/C26H25N3O5/c1-16(2)17-7-9-19(10-8-17)27-26(30)25(28-12-11-18-5-3-4-6-21(18)28)20-13-23-24(34-15-33-23)14-22(20)29(31)32/h3-10,13-14,16,25H,11-12,15H2,1-2H3,(H,27,30)/t25-/m1/s1. The summed E-state index contributed by atoms with van der Waals surface area (Å²) in [5.74, 6) is 0.721. The summed E-state index contributed by atoms with van der Waals surface area (Å²) in [6.07, 6.45) is 0.751. The fourth-order valence-electron chi connectivity index (χ4n) is 4.57. The molecule has 0 unspecified atom stereocenters. The lowest BCUT2D eigenvalue weighted by Crippen LogP contribution is -2.36. The Balaban J connectivity index is 1.58. The second kappa shape index (κ2) is 8.70. The highest BCUT2D eigenvalue weighted by Crippen LogP contribution is 2.44. The first kappa shape index (κ1) is 21.8. The second-order valence-corrected chi connectivity index (χ2v) is 8.76. The van der Waals surface area contributed by atoms with Crippen molar-refractivity contribution < 1.29 is 19.2 Å². The number of amides is 1. The molecule has 0 spiro atoms. The van der Waals surface area contributed by atoms with Gasteiger partial charge in [0.25, 0.3) is 11.6 Å². The number of hydrogen-bond donors (Lipinski definition) is 1. The highest BCUT2D eigenvalue weighted by atomic mass is 16.7. The molecule has 34 heavy (non-hydrogen) atoms. The van der Waals surface area contributed by atoms with E-state index in [2.05, 4.69) is 19.2 Å². The van der Waals surface area contributed by atoms with Crippen LogP contribution in [0.5, 0.6) is 11.5 Å². The molecule has 0 saturated heterocycles. The molecule has 0 bridgehead atoms. The van der Waals surface area contributed by atoms with Crippen molar-refractivity contribution in [2.45, 2.75) is 32.2 Å². The van der Waals surface area contributed by atoms with Gasteiger partial charge in [0.15, 0.2) is 11.5 Å². The Morgan fingerprint density at radius 2 is 1.76 bits per heavy atom. The highest BCUT2D eigenvalue weighted by molar-refractivity contribution is 5.99. The average molecular weight is 460 g/mol. The van der Waals surface area contributed by atoms with Gasteiger partial charge in [0.05, 0.1) is 16.6 Å². The van der Waals surface area contributed by atoms with Gasteiger partial charge in [-0.3, -0.25) is 14.9 Å². The lowest BCUT2D eigenvalue weighted by molar-refractivity contribution is -0.385. The monoisotopic (exact) mass is 459 g/mol. The molecule has 1 atom stereocenters. The summed E-state index contributed by atoms with van der Waals surface area (Å²) in [6.45, 7) is 4.76. The van der Waals surface area contributed by atoms with Crippen molar-refractivity contribution in [1.29, 1.82) is 0 Å². The summed E-state index contributed by atoms with van der Waals surface area (Å²) in [5, 5.41) is 15.0. The number of para-hydroxylation sites is 1. The molecule has 3 aromatic carbocycles. The SMILES string of the molecule is CC(C)c1ccc(NC(=O)[C@@H](c2cc3c(cc2[N+](=O)[O-])OCO3)N2CCc3ccccc32)cc1. The third-order valence-electron chi connectivity index (χ3n) is 6.34. The van der Waals surface area contributed by atoms with E-state index < -0.39 is 11.0 Å². The highest BCUT2D eigenvalue weighted by Gasteiger charge is 2.38. The fourth-order valence-corrected chi connectivity index (χ4v) is 4.57. The molecule has 8 heteroatoms. The van der Waals surface area contributed by atoms with Crippen molar-refractivity contribution in [3.63, 3.8) is 0 Å². The van der Waals surface area contributed by atoms with Crippen LogP contribution in [0.15, 0.2) is 60.7 Å². The third-order valence-corrected chi connectivity index (χ3v) is 6.34. The minimum absolute atomic E-state index is 0.0123. The van der Waals surface area contributed by atoms with Crippen LogP contribution in [0.1, 0.15) is 42.5 Å². The van der Waals surface area contributed by atoms with Gasteiger partial charge in [-0.2, -0.15) is 0 Å². The molecule has 0 saturated carbocycles. The van der Waals surface area contributed by atoms with E-state index in [0.717, 1.165) is 23.2 Å². The molecular weight excluding hydrogens is 434 g/mol. The summed E-state index contributed by atoms with van der Waals surface area (Å²) in [6, 6.07) is 17.5. The lowest BCUT2D eigenvalue weighted by atomic mass is 10.00. The Morgan fingerprint density at radius 3 is 2.47 bits per heavy atom. The normalized spacial score (nSPS) is 14.7. The van der Waals surface area contributed by atoms with E-state index in [4.69, 9.17) is 9.47 Å². The molecule has 3 aromatic rings. The summed E-state index contributed by atoms with van der Waals surface area (Å²) >= 11 is 0. The van der Waals surface area contributed by atoms with Crippen molar-refractivity contribution in [2.75, 3.05) is 23.6 Å². The van der Waals surface area contributed by atoms with Gasteiger partial charge in [-0.1, -0.05) is 44.2 Å². The van der Waals surface area contributed by atoms with E-state index in [1.165, 1.54) is 6.07 Å². The number of nitrogens with zero attached hydrogens (tertiary/aromatic N) is 2. The van der Waals surface area contributed by atoms with E-state index in [0.29, 0.717) is 29.6 Å². The number of nitro benzene ring substituents is 1. The Hall–Kier alpha value is -4.07. The van der Waals surface area contributed by atoms with E-state index in [9.17, 15) is 14.9 Å². The summed E-state index contributed by atoms with van der Waals surface area (Å²) in [7, 11) is 0. The summed E-state index contributed by atoms with van der Waals surface area (Å²) in [5.41, 5.74) is 3.88. The first-order valence-electron chi connectivity index (χ1n) is 11.3. The van der Waals surface area contributed by atoms with Crippen LogP contribution in [0.2, 0.25) is 0 Å². The van der Waals surface area contributed by atoms with Gasteiger partial charge in [0.2, 0.25) is 6.79 Å². The largest absolute Gasteiger partial charge is 0.454 e. The van der Waals surface area contributed by atoms with E-state index in [-0.39, 0.29) is 24.0 Å². The Morgan fingerprint density at radius 1 is 1.06 bits per heavy atom. The number of nitro groups is 1. The van der Waals surface area contributed by atoms with Gasteiger partial charge in [0.1, 0.15) is 6.04 Å². The zero-order valence-corrected chi connectivity index (χ0v) is 19.0. The molecule has 5 rings (SSSR count). The van der Waals surface area contributed by atoms with E-state index >= 15 is 0 Å². The number of fused-ring (bicyclic) bond motifs is 2. The average Bonchev–Trinajstić information content (AvgIpc) is 3.46. The number of ether oxygens (including phenoxy) is 2. The molecule has 0 radical (unpaired) electrons. The van der Waals surface area contributed by atoms with Crippen LogP contribution >= 0.6 is 0 Å². The number of carbonyl (C=O) groups is 1. The van der Waals surface area contributed by atoms with Crippen molar-refractivity contribution in [3.8, 4) is 11.5 Å². The number of nitrogens with one attached hydrogen (secondary N) is 1. The molecular formula is C26H25N3O5. The molecule has 2 aliphatic rings. The molecule has 8 nitrogen and oxygen atoms in total. The quantitative estimate of drug-likeness (QED) is 0.403. The zero-order valence-electron chi connectivity index (χ0n) is 19.0. The minimum Gasteiger partial charge on any atom is -0.454 e. The molecule has 1 amide bonds. The molecule has 1 N–H and O–H groups in total. The number of carbonyl (C=O) groups excluding carboxylic acids is 1. The summed E-state index contributed by atoms with van der Waals surface area (Å²) < 4.78 is 10.8. The number of anilines is 2. The zero-order chi connectivity index (χ0) is 23.8. The van der Waals surface area contributed by atoms with Crippen molar-refractivity contribution in [1.82, 2.24) is 0 Å². The smallest absolute Gasteiger partial charge is 0.279 e. The first-order chi connectivity index (χ1) is 16.4. The maximum absolute atomic E-state index is 13.8. The Labute approximate surface area is 197 Å². The van der Waals surface area contributed by atoms with Crippen LogP contribution in [-0.4, -0.2) is 24.2 Å². The van der Waals surface area contributed by atoms with Crippen LogP contribution < -0.4 is 19.7 Å². The number of benzene rings is 3. The van der Waals surface area contributed by atoms with Gasteiger partial charge >= 0.3 is 0 Å². The maximum atomic E-state index is 13.8. The van der Waals surface area contributed by atoms with Gasteiger partial charge < -0.3 is 19.7 Å². The molecule has 0 aliphatic carbocycles. The Kier molecular flexibility index (Phi) is 5.57. The molecule has 0 fully saturated rings. The van der Waals surface area contributed by atoms with Crippen molar-refractivity contribution >= 4 is 23.0 Å². The van der Waals surface area contributed by atoms with Gasteiger partial charge in [-0.05, 0) is 47.7 Å². The van der Waals surface area contributed by atoms with Crippen LogP contribution in [0.25, 0.3) is 0 Å². The topological polar surface area (TPSA) is 93.9 Å². The molecule has 2 aliphatic heterocycles.